The van der Waals surface area contributed by atoms with Crippen LogP contribution in [0.5, 0.6) is 0 Å². The summed E-state index contributed by atoms with van der Waals surface area (Å²) in [6, 6.07) is 9.04. The van der Waals surface area contributed by atoms with E-state index in [4.69, 9.17) is 0 Å². The summed E-state index contributed by atoms with van der Waals surface area (Å²) in [5.74, 6) is -0.584. The number of pyridine rings is 1. The molecule has 1 aliphatic heterocycles. The number of ketones is 1. The number of nitrogens with one attached hydrogen (secondary N) is 2. The Labute approximate surface area is 213 Å². The summed E-state index contributed by atoms with van der Waals surface area (Å²) in [4.78, 5) is 59.1. The van der Waals surface area contributed by atoms with E-state index in [1.807, 2.05) is 32.0 Å². The number of anilines is 1. The van der Waals surface area contributed by atoms with Gasteiger partial charge in [0.15, 0.2) is 0 Å². The molecule has 0 aliphatic carbocycles. The molecule has 0 atom stereocenters. The second-order valence-corrected chi connectivity index (χ2v) is 8.96. The third-order valence-electron chi connectivity index (χ3n) is 6.64. The lowest BCUT2D eigenvalue weighted by atomic mass is 10.0. The quantitative estimate of drug-likeness (QED) is 0.321. The Hall–Kier alpha value is -4.60. The minimum atomic E-state index is -0.595. The van der Waals surface area contributed by atoms with Gasteiger partial charge in [0.25, 0.3) is 17.6 Å². The van der Waals surface area contributed by atoms with E-state index >= 15 is 0 Å². The van der Waals surface area contributed by atoms with Crippen molar-refractivity contribution < 1.29 is 14.4 Å². The predicted octanol–water partition coefficient (Wildman–Crippen LogP) is 2.85. The van der Waals surface area contributed by atoms with Crippen molar-refractivity contribution in [3.63, 3.8) is 0 Å². The highest BCUT2D eigenvalue weighted by Crippen LogP contribution is 2.30. The number of fused-ring (bicyclic) bond motifs is 1. The smallest absolute Gasteiger partial charge is 0.295 e. The lowest BCUT2D eigenvalue weighted by molar-refractivity contribution is -0.127. The van der Waals surface area contributed by atoms with Gasteiger partial charge in [-0.1, -0.05) is 18.2 Å². The summed E-state index contributed by atoms with van der Waals surface area (Å²) >= 11 is 0. The Morgan fingerprint density at radius 3 is 2.32 bits per heavy atom. The van der Waals surface area contributed by atoms with Crippen molar-refractivity contribution in [2.75, 3.05) is 38.5 Å². The predicted molar refractivity (Wildman–Crippen MR) is 139 cm³/mol. The summed E-state index contributed by atoms with van der Waals surface area (Å²) in [6.07, 6.45) is 4.85. The maximum Gasteiger partial charge on any atom is 0.295 e. The molecule has 1 fully saturated rings. The van der Waals surface area contributed by atoms with Crippen molar-refractivity contribution in [2.45, 2.75) is 13.8 Å². The van der Waals surface area contributed by atoms with Crippen LogP contribution in [-0.4, -0.2) is 80.6 Å². The average molecular weight is 498 g/mol. The highest BCUT2D eigenvalue weighted by Gasteiger charge is 2.31. The Kier molecular flexibility index (Phi) is 6.39. The standard InChI is InChI=1S/C27H27N7O3/c1-16-13-29-22(20-15-31-25(28-3)17(2)32-20)23-21(16)19(14-30-23)24(35)27(37)34-11-9-33(10-12-34)26(36)18-7-5-4-6-8-18/h4-8,13-15,30H,9-12H2,1-3H3,(H,28,31). The van der Waals surface area contributed by atoms with Crippen LogP contribution in [-0.2, 0) is 4.79 Å². The highest BCUT2D eigenvalue weighted by molar-refractivity contribution is 6.45. The Balaban J connectivity index is 1.36. The summed E-state index contributed by atoms with van der Waals surface area (Å²) in [5, 5.41) is 3.63. The first-order valence-corrected chi connectivity index (χ1v) is 12.1. The SMILES string of the molecule is CNc1ncc(-c2ncc(C)c3c(C(=O)C(=O)N4CCN(C(=O)c5ccccc5)CC4)c[nH]c23)nc1C. The second-order valence-electron chi connectivity index (χ2n) is 8.96. The summed E-state index contributed by atoms with van der Waals surface area (Å²) in [7, 11) is 1.78. The van der Waals surface area contributed by atoms with Crippen LogP contribution >= 0.6 is 0 Å². The van der Waals surface area contributed by atoms with Crippen molar-refractivity contribution in [3.8, 4) is 11.4 Å². The first-order valence-electron chi connectivity index (χ1n) is 12.1. The number of benzene rings is 1. The fourth-order valence-corrected chi connectivity index (χ4v) is 4.66. The van der Waals surface area contributed by atoms with Gasteiger partial charge in [0.05, 0.1) is 23.0 Å². The third kappa shape index (κ3) is 4.42. The molecule has 5 rings (SSSR count). The minimum absolute atomic E-state index is 0.0765. The van der Waals surface area contributed by atoms with Crippen LogP contribution < -0.4 is 5.32 Å². The largest absolute Gasteiger partial charge is 0.372 e. The number of carbonyl (C=O) groups excluding carboxylic acids is 3. The number of hydrogen-bond acceptors (Lipinski definition) is 7. The van der Waals surface area contributed by atoms with Gasteiger partial charge in [-0.25, -0.2) is 9.97 Å². The van der Waals surface area contributed by atoms with Crippen molar-refractivity contribution in [3.05, 3.63) is 71.3 Å². The number of aryl methyl sites for hydroxylation is 2. The maximum absolute atomic E-state index is 13.3. The molecule has 0 bridgehead atoms. The van der Waals surface area contributed by atoms with Crippen LogP contribution in [0.2, 0.25) is 0 Å². The number of piperazine rings is 1. The first kappa shape index (κ1) is 24.1. The number of Topliss-reactive ketones (excluding diaryl/α,β-unsaturated/α-hetero) is 1. The molecule has 0 radical (unpaired) electrons. The molecular formula is C27H27N7O3. The number of hydrogen-bond donors (Lipinski definition) is 2. The Morgan fingerprint density at radius 2 is 1.65 bits per heavy atom. The fraction of sp³-hybridized carbons (Fsp3) is 0.259. The average Bonchev–Trinajstić information content (AvgIpc) is 3.39. The van der Waals surface area contributed by atoms with Gasteiger partial charge in [-0.05, 0) is 31.5 Å². The van der Waals surface area contributed by atoms with E-state index in [0.717, 1.165) is 11.3 Å². The van der Waals surface area contributed by atoms with Gasteiger partial charge in [0.1, 0.15) is 17.2 Å². The highest BCUT2D eigenvalue weighted by atomic mass is 16.2. The molecule has 37 heavy (non-hydrogen) atoms. The molecule has 1 aromatic carbocycles. The van der Waals surface area contributed by atoms with Gasteiger partial charge >= 0.3 is 0 Å². The zero-order valence-corrected chi connectivity index (χ0v) is 20.9. The van der Waals surface area contributed by atoms with Gasteiger partial charge in [0.2, 0.25) is 0 Å². The number of amides is 2. The van der Waals surface area contributed by atoms with Gasteiger partial charge in [-0.2, -0.15) is 0 Å². The Morgan fingerprint density at radius 1 is 0.946 bits per heavy atom. The molecule has 10 nitrogen and oxygen atoms in total. The molecule has 4 aromatic rings. The Bertz CT molecular complexity index is 1510. The molecule has 0 spiro atoms. The van der Waals surface area contributed by atoms with Crippen molar-refractivity contribution in [1.82, 2.24) is 29.7 Å². The van der Waals surface area contributed by atoms with Gasteiger partial charge in [-0.3, -0.25) is 19.4 Å². The van der Waals surface area contributed by atoms with Crippen LogP contribution in [0, 0.1) is 13.8 Å². The van der Waals surface area contributed by atoms with E-state index < -0.39 is 11.7 Å². The van der Waals surface area contributed by atoms with E-state index in [-0.39, 0.29) is 5.91 Å². The number of rotatable bonds is 5. The van der Waals surface area contributed by atoms with Crippen LogP contribution in [0.4, 0.5) is 5.82 Å². The zero-order chi connectivity index (χ0) is 26.1. The number of aromatic nitrogens is 4. The third-order valence-corrected chi connectivity index (χ3v) is 6.64. The first-order chi connectivity index (χ1) is 17.9. The topological polar surface area (TPSA) is 124 Å². The molecule has 2 N–H and O–H groups in total. The molecule has 1 saturated heterocycles. The van der Waals surface area contributed by atoms with Crippen molar-refractivity contribution in [1.29, 1.82) is 0 Å². The van der Waals surface area contributed by atoms with E-state index in [2.05, 4.69) is 25.3 Å². The van der Waals surface area contributed by atoms with Crippen molar-refractivity contribution >= 4 is 34.3 Å². The molecule has 3 aromatic heterocycles. The summed E-state index contributed by atoms with van der Waals surface area (Å²) in [6.45, 7) is 5.03. The molecule has 188 valence electrons. The molecule has 4 heterocycles. The molecular weight excluding hydrogens is 470 g/mol. The monoisotopic (exact) mass is 497 g/mol. The van der Waals surface area contributed by atoms with E-state index in [0.29, 0.717) is 65.4 Å². The summed E-state index contributed by atoms with van der Waals surface area (Å²) in [5.41, 5.74) is 4.13. The number of aromatic amines is 1. The van der Waals surface area contributed by atoms with Gasteiger partial charge < -0.3 is 20.1 Å². The van der Waals surface area contributed by atoms with Gasteiger partial charge in [0, 0.05) is 56.6 Å². The van der Waals surface area contributed by atoms with Gasteiger partial charge in [-0.15, -0.1) is 0 Å². The molecule has 10 heteroatoms. The molecule has 2 amide bonds. The molecule has 0 unspecified atom stereocenters. The maximum atomic E-state index is 13.3. The number of H-pyrrole nitrogens is 1. The van der Waals surface area contributed by atoms with E-state index in [1.54, 1.807) is 42.7 Å². The van der Waals surface area contributed by atoms with Crippen LogP contribution in [0.25, 0.3) is 22.3 Å². The lowest BCUT2D eigenvalue weighted by Gasteiger charge is -2.34. The lowest BCUT2D eigenvalue weighted by Crippen LogP contribution is -2.52. The molecule has 1 aliphatic rings. The zero-order valence-electron chi connectivity index (χ0n) is 20.9. The van der Waals surface area contributed by atoms with Crippen LogP contribution in [0.1, 0.15) is 32.0 Å². The van der Waals surface area contributed by atoms with Crippen LogP contribution in [0.15, 0.2) is 48.9 Å². The minimum Gasteiger partial charge on any atom is -0.372 e. The molecule has 0 saturated carbocycles. The normalized spacial score (nSPS) is 13.6. The van der Waals surface area contributed by atoms with E-state index in [9.17, 15) is 14.4 Å². The van der Waals surface area contributed by atoms with Crippen molar-refractivity contribution in [2.24, 2.45) is 0 Å². The fourth-order valence-electron chi connectivity index (χ4n) is 4.66. The number of carbonyl (C=O) groups is 3. The summed E-state index contributed by atoms with van der Waals surface area (Å²) < 4.78 is 0. The van der Waals surface area contributed by atoms with Crippen LogP contribution in [0.3, 0.4) is 0 Å². The second kappa shape index (κ2) is 9.81. The van der Waals surface area contributed by atoms with E-state index in [1.165, 1.54) is 4.90 Å². The number of nitrogens with zero attached hydrogens (tertiary/aromatic N) is 5.